The minimum absolute atomic E-state index is 0.141. The van der Waals surface area contributed by atoms with E-state index in [0.29, 0.717) is 5.92 Å². The van der Waals surface area contributed by atoms with Gasteiger partial charge in [-0.25, -0.2) is 0 Å². The van der Waals surface area contributed by atoms with Crippen LogP contribution in [0.1, 0.15) is 41.5 Å². The Morgan fingerprint density at radius 2 is 1.06 bits per heavy atom. The number of allylic oxidation sites excluding steroid dienone is 11. The smallest absolute Gasteiger partial charge is 0.0506 e. The highest BCUT2D eigenvalue weighted by Crippen LogP contribution is 2.72. The summed E-state index contributed by atoms with van der Waals surface area (Å²) in [5.74, 6) is 0.700. The van der Waals surface area contributed by atoms with Crippen molar-refractivity contribution in [2.45, 2.75) is 30.1 Å². The Balaban J connectivity index is 1.15. The van der Waals surface area contributed by atoms with Gasteiger partial charge in [-0.05, 0) is 121 Å². The molecule has 1 nitrogen and oxygen atoms in total. The van der Waals surface area contributed by atoms with Crippen LogP contribution < -0.4 is 4.90 Å². The zero-order valence-corrected chi connectivity index (χ0v) is 35.2. The molecule has 1 fully saturated rings. The van der Waals surface area contributed by atoms with E-state index >= 15 is 0 Å². The quantitative estimate of drug-likeness (QED) is 0.151. The first-order valence-corrected chi connectivity index (χ1v) is 22.8. The third-order valence-corrected chi connectivity index (χ3v) is 15.5. The summed E-state index contributed by atoms with van der Waals surface area (Å²) in [5, 5.41) is 7.73. The van der Waals surface area contributed by atoms with Crippen LogP contribution >= 0.6 is 0 Å². The maximum atomic E-state index is 2.61. The molecule has 0 heterocycles. The van der Waals surface area contributed by atoms with Gasteiger partial charge in [0, 0.05) is 40.2 Å². The van der Waals surface area contributed by atoms with Gasteiger partial charge in [0.15, 0.2) is 0 Å². The van der Waals surface area contributed by atoms with E-state index in [4.69, 9.17) is 0 Å². The zero-order chi connectivity index (χ0) is 41.5. The number of anilines is 2. The van der Waals surface area contributed by atoms with E-state index in [2.05, 4.69) is 235 Å². The molecule has 1 saturated carbocycles. The number of hydrogen-bond donors (Lipinski definition) is 0. The summed E-state index contributed by atoms with van der Waals surface area (Å²) < 4.78 is 0. The van der Waals surface area contributed by atoms with Crippen molar-refractivity contribution in [3.63, 3.8) is 0 Å². The molecule has 5 aliphatic rings. The summed E-state index contributed by atoms with van der Waals surface area (Å²) >= 11 is 0. The lowest BCUT2D eigenvalue weighted by atomic mass is 9.43. The molecule has 8 aromatic carbocycles. The second-order valence-electron chi connectivity index (χ2n) is 18.1. The minimum Gasteiger partial charge on any atom is -0.310 e. The standard InChI is InChI=1S/C62H47N/c1-4-21-42(22-5-1)61(55-34-16-17-35-56(55)62(43-23-6-2-7-24-43)54-33-15-14-31-51(54)52-32-20-37-58(61)60(52)62)57-36-18-19-38-59(57)63(44-25-8-3-9-26-44)45-39-40-50-48-29-11-10-27-46(48)47-28-12-13-30-49(47)53(50)41-45/h1-17,19-32,34-35,37-41,54,58,60H,18,33,36H2. The normalized spacial score (nSPS) is 24.2. The molecule has 0 bridgehead atoms. The summed E-state index contributed by atoms with van der Waals surface area (Å²) in [6.07, 6.45) is 22.5. The monoisotopic (exact) mass is 805 g/mol. The Morgan fingerprint density at radius 3 is 1.78 bits per heavy atom. The van der Waals surface area contributed by atoms with Crippen molar-refractivity contribution in [3.05, 3.63) is 275 Å². The Kier molecular flexibility index (Phi) is 8.19. The van der Waals surface area contributed by atoms with Gasteiger partial charge in [0.1, 0.15) is 0 Å². The number of fused-ring (bicyclic) bond motifs is 11. The lowest BCUT2D eigenvalue weighted by Gasteiger charge is -2.58. The van der Waals surface area contributed by atoms with Gasteiger partial charge < -0.3 is 4.90 Å². The van der Waals surface area contributed by atoms with Gasteiger partial charge in [-0.3, -0.25) is 0 Å². The van der Waals surface area contributed by atoms with Gasteiger partial charge in [-0.2, -0.15) is 0 Å². The topological polar surface area (TPSA) is 3.24 Å². The van der Waals surface area contributed by atoms with E-state index in [0.717, 1.165) is 24.9 Å². The van der Waals surface area contributed by atoms with Gasteiger partial charge in [0.2, 0.25) is 0 Å². The number of rotatable bonds is 6. The van der Waals surface area contributed by atoms with Gasteiger partial charge in [-0.15, -0.1) is 0 Å². The van der Waals surface area contributed by atoms with E-state index in [1.807, 2.05) is 0 Å². The van der Waals surface area contributed by atoms with E-state index in [1.54, 1.807) is 0 Å². The van der Waals surface area contributed by atoms with Crippen LogP contribution in [0.25, 0.3) is 32.3 Å². The Bertz CT molecular complexity index is 3290. The molecule has 0 aliphatic heterocycles. The average molecular weight is 806 g/mol. The molecule has 0 spiro atoms. The van der Waals surface area contributed by atoms with Crippen molar-refractivity contribution in [2.24, 2.45) is 17.8 Å². The van der Waals surface area contributed by atoms with Crippen LogP contribution in [0.4, 0.5) is 11.4 Å². The molecule has 63 heavy (non-hydrogen) atoms. The summed E-state index contributed by atoms with van der Waals surface area (Å²) in [5.41, 5.74) is 13.1. The van der Waals surface area contributed by atoms with Crippen LogP contribution in [0, 0.1) is 17.8 Å². The highest BCUT2D eigenvalue weighted by atomic mass is 15.2. The molecular weight excluding hydrogens is 759 g/mol. The van der Waals surface area contributed by atoms with Crippen LogP contribution in [0.5, 0.6) is 0 Å². The molecule has 13 rings (SSSR count). The summed E-state index contributed by atoms with van der Waals surface area (Å²) in [6, 6.07) is 69.0. The van der Waals surface area contributed by atoms with Crippen LogP contribution in [-0.4, -0.2) is 0 Å². The zero-order valence-electron chi connectivity index (χ0n) is 35.2. The first-order valence-electron chi connectivity index (χ1n) is 22.8. The fourth-order valence-corrected chi connectivity index (χ4v) is 13.3. The van der Waals surface area contributed by atoms with Gasteiger partial charge in [0.25, 0.3) is 0 Å². The predicted molar refractivity (Wildman–Crippen MR) is 263 cm³/mol. The molecule has 0 N–H and O–H groups in total. The van der Waals surface area contributed by atoms with Crippen molar-refractivity contribution >= 4 is 43.7 Å². The van der Waals surface area contributed by atoms with Gasteiger partial charge >= 0.3 is 0 Å². The Hall–Kier alpha value is -7.22. The first-order chi connectivity index (χ1) is 31.3. The van der Waals surface area contributed by atoms with Crippen LogP contribution in [0.3, 0.4) is 0 Å². The highest BCUT2D eigenvalue weighted by Gasteiger charge is 2.67. The van der Waals surface area contributed by atoms with E-state index in [-0.39, 0.29) is 17.3 Å². The molecule has 1 heteroatoms. The lowest BCUT2D eigenvalue weighted by molar-refractivity contribution is 0.192. The molecule has 8 aromatic rings. The van der Waals surface area contributed by atoms with Crippen LogP contribution in [0.15, 0.2) is 253 Å². The lowest BCUT2D eigenvalue weighted by Crippen LogP contribution is -2.56. The van der Waals surface area contributed by atoms with Crippen LogP contribution in [-0.2, 0) is 10.8 Å². The Morgan fingerprint density at radius 1 is 0.476 bits per heavy atom. The first kappa shape index (κ1) is 36.4. The second kappa shape index (κ2) is 14.2. The molecule has 5 atom stereocenters. The maximum Gasteiger partial charge on any atom is 0.0506 e. The SMILES string of the molecule is C1=CCC2C(=C1)C1=CC=CC3C1C2(c1ccccc1)c1ccccc1C3(C1=C(N(c2ccccc2)c2ccc3c4ccccc4c4ccccc4c3c2)C=CCC1)c1ccccc1. The summed E-state index contributed by atoms with van der Waals surface area (Å²) in [4.78, 5) is 2.59. The third-order valence-electron chi connectivity index (χ3n) is 15.5. The molecular formula is C62H47N. The molecule has 0 amide bonds. The van der Waals surface area contributed by atoms with E-state index < -0.39 is 5.41 Å². The summed E-state index contributed by atoms with van der Waals surface area (Å²) in [6.45, 7) is 0. The minimum atomic E-state index is -0.481. The van der Waals surface area contributed by atoms with Crippen molar-refractivity contribution in [1.29, 1.82) is 0 Å². The molecule has 5 aliphatic carbocycles. The Labute approximate surface area is 370 Å². The van der Waals surface area contributed by atoms with E-state index in [9.17, 15) is 0 Å². The number of benzene rings is 8. The van der Waals surface area contributed by atoms with Crippen molar-refractivity contribution in [1.82, 2.24) is 0 Å². The number of para-hydroxylation sites is 1. The molecule has 0 saturated heterocycles. The van der Waals surface area contributed by atoms with Gasteiger partial charge in [0.05, 0.1) is 5.41 Å². The molecule has 5 unspecified atom stereocenters. The van der Waals surface area contributed by atoms with Gasteiger partial charge in [-0.1, -0.05) is 200 Å². The van der Waals surface area contributed by atoms with Crippen molar-refractivity contribution < 1.29 is 0 Å². The number of nitrogens with zero attached hydrogens (tertiary/aromatic N) is 1. The highest BCUT2D eigenvalue weighted by molar-refractivity contribution is 6.25. The fraction of sp³-hybridized carbons (Fsp3) is 0.129. The summed E-state index contributed by atoms with van der Waals surface area (Å²) in [7, 11) is 0. The molecule has 0 radical (unpaired) electrons. The van der Waals surface area contributed by atoms with E-state index in [1.165, 1.54) is 82.7 Å². The largest absolute Gasteiger partial charge is 0.310 e. The number of hydrogen-bond acceptors (Lipinski definition) is 1. The van der Waals surface area contributed by atoms with Crippen molar-refractivity contribution in [3.8, 4) is 0 Å². The molecule has 300 valence electrons. The molecule has 0 aromatic heterocycles. The van der Waals surface area contributed by atoms with Crippen molar-refractivity contribution in [2.75, 3.05) is 4.90 Å². The predicted octanol–water partition coefficient (Wildman–Crippen LogP) is 15.4. The average Bonchev–Trinajstić information content (AvgIpc) is 3.68. The second-order valence-corrected chi connectivity index (χ2v) is 18.1. The van der Waals surface area contributed by atoms with Crippen LogP contribution in [0.2, 0.25) is 0 Å². The maximum absolute atomic E-state index is 2.61. The fourth-order valence-electron chi connectivity index (χ4n) is 13.3. The third kappa shape index (κ3) is 5.00.